The van der Waals surface area contributed by atoms with E-state index in [0.717, 1.165) is 0 Å². The van der Waals surface area contributed by atoms with Crippen molar-refractivity contribution in [3.63, 3.8) is 0 Å². The molecule has 0 saturated heterocycles. The van der Waals surface area contributed by atoms with Crippen LogP contribution in [0.5, 0.6) is 0 Å². The highest BCUT2D eigenvalue weighted by Gasteiger charge is 2.38. The largest absolute Gasteiger partial charge is 0.487 e. The molecule has 1 aromatic rings. The summed E-state index contributed by atoms with van der Waals surface area (Å²) >= 11 is 0. The fraction of sp³-hybridized carbons (Fsp3) is 0.308. The monoisotopic (exact) mass is 266 g/mol. The second kappa shape index (κ2) is 4.24. The number of hydrogen-bond acceptors (Lipinski definition) is 4. The molecular weight excluding hydrogens is 252 g/mol. The maximum absolute atomic E-state index is 12.1. The Morgan fingerprint density at radius 1 is 1.17 bits per heavy atom. The van der Waals surface area contributed by atoms with Gasteiger partial charge >= 0.3 is 0 Å². The van der Waals surface area contributed by atoms with Gasteiger partial charge in [-0.1, -0.05) is 18.2 Å². The summed E-state index contributed by atoms with van der Waals surface area (Å²) in [5.41, 5.74) is -0.759. The highest BCUT2D eigenvalue weighted by atomic mass is 32.2. The first kappa shape index (κ1) is 12.8. The zero-order valence-corrected chi connectivity index (χ0v) is 11.0. The van der Waals surface area contributed by atoms with Crippen molar-refractivity contribution < 1.29 is 17.9 Å². The second-order valence-electron chi connectivity index (χ2n) is 4.67. The zero-order chi connectivity index (χ0) is 13.4. The van der Waals surface area contributed by atoms with Gasteiger partial charge < -0.3 is 4.74 Å². The minimum atomic E-state index is -3.50. The van der Waals surface area contributed by atoms with Gasteiger partial charge in [0.25, 0.3) is 0 Å². The molecular formula is C13H14O4S. The molecule has 0 unspecified atom stereocenters. The smallest absolute Gasteiger partial charge is 0.205 e. The van der Waals surface area contributed by atoms with Crippen LogP contribution >= 0.6 is 0 Å². The minimum absolute atomic E-state index is 0.198. The Morgan fingerprint density at radius 2 is 1.78 bits per heavy atom. The van der Waals surface area contributed by atoms with E-state index in [1.807, 2.05) is 0 Å². The number of ketones is 1. The first-order valence-corrected chi connectivity index (χ1v) is 7.18. The maximum atomic E-state index is 12.1. The van der Waals surface area contributed by atoms with E-state index in [2.05, 4.69) is 0 Å². The van der Waals surface area contributed by atoms with E-state index in [-0.39, 0.29) is 22.0 Å². The average molecular weight is 266 g/mol. The molecule has 0 fully saturated rings. The predicted octanol–water partition coefficient (Wildman–Crippen LogP) is 1.72. The van der Waals surface area contributed by atoms with Gasteiger partial charge in [0, 0.05) is 5.57 Å². The summed E-state index contributed by atoms with van der Waals surface area (Å²) in [7, 11) is -3.50. The predicted molar refractivity (Wildman–Crippen MR) is 66.7 cm³/mol. The van der Waals surface area contributed by atoms with Crippen molar-refractivity contribution in [2.45, 2.75) is 24.3 Å². The molecule has 18 heavy (non-hydrogen) atoms. The number of sulfone groups is 1. The summed E-state index contributed by atoms with van der Waals surface area (Å²) in [6, 6.07) is 8.07. The zero-order valence-electron chi connectivity index (χ0n) is 10.2. The van der Waals surface area contributed by atoms with Crippen LogP contribution in [-0.4, -0.2) is 25.6 Å². The minimum Gasteiger partial charge on any atom is -0.487 e. The summed E-state index contributed by atoms with van der Waals surface area (Å²) in [4.78, 5) is 12.1. The molecule has 0 N–H and O–H groups in total. The Bertz CT molecular complexity index is 597. The highest BCUT2D eigenvalue weighted by molar-refractivity contribution is 7.91. The van der Waals surface area contributed by atoms with Gasteiger partial charge in [0.2, 0.25) is 5.78 Å². The van der Waals surface area contributed by atoms with E-state index >= 15 is 0 Å². The standard InChI is InChI=1S/C13H14O4S/c1-13(2)12(14)10(8-17-13)9-18(15,16)11-6-4-3-5-7-11/h3-8H,9H2,1-2H3. The molecule has 0 aliphatic carbocycles. The molecule has 0 aromatic heterocycles. The number of Topliss-reactive ketones (excluding diaryl/α,β-unsaturated/α-hetero) is 1. The van der Waals surface area contributed by atoms with Crippen molar-refractivity contribution >= 4 is 15.6 Å². The van der Waals surface area contributed by atoms with Crippen LogP contribution in [0.3, 0.4) is 0 Å². The van der Waals surface area contributed by atoms with E-state index in [9.17, 15) is 13.2 Å². The van der Waals surface area contributed by atoms with Gasteiger partial charge in [-0.25, -0.2) is 8.42 Å². The van der Waals surface area contributed by atoms with Gasteiger partial charge in [-0.3, -0.25) is 4.79 Å². The van der Waals surface area contributed by atoms with Crippen LogP contribution in [0.2, 0.25) is 0 Å². The van der Waals surface area contributed by atoms with Crippen LogP contribution in [0.25, 0.3) is 0 Å². The first-order chi connectivity index (χ1) is 8.33. The van der Waals surface area contributed by atoms with Crippen LogP contribution in [0, 0.1) is 0 Å². The van der Waals surface area contributed by atoms with Crippen molar-refractivity contribution in [2.75, 3.05) is 5.75 Å². The van der Waals surface area contributed by atoms with Crippen LogP contribution < -0.4 is 0 Å². The molecule has 2 rings (SSSR count). The molecule has 4 nitrogen and oxygen atoms in total. The highest BCUT2D eigenvalue weighted by Crippen LogP contribution is 2.26. The maximum Gasteiger partial charge on any atom is 0.205 e. The van der Waals surface area contributed by atoms with Gasteiger partial charge in [-0.2, -0.15) is 0 Å². The SMILES string of the molecule is CC1(C)OC=C(CS(=O)(=O)c2ccccc2)C1=O. The second-order valence-corrected chi connectivity index (χ2v) is 6.66. The molecule has 5 heteroatoms. The van der Waals surface area contributed by atoms with Gasteiger partial charge in [-0.15, -0.1) is 0 Å². The van der Waals surface area contributed by atoms with Gasteiger partial charge in [0.1, 0.15) is 0 Å². The lowest BCUT2D eigenvalue weighted by Gasteiger charge is -2.15. The summed E-state index contributed by atoms with van der Waals surface area (Å²) < 4.78 is 29.4. The summed E-state index contributed by atoms with van der Waals surface area (Å²) in [6.07, 6.45) is 1.25. The van der Waals surface area contributed by atoms with E-state index in [1.165, 1.54) is 18.4 Å². The van der Waals surface area contributed by atoms with Gasteiger partial charge in [0.15, 0.2) is 15.4 Å². The van der Waals surface area contributed by atoms with Crippen LogP contribution in [0.4, 0.5) is 0 Å². The van der Waals surface area contributed by atoms with Crippen LogP contribution in [0.15, 0.2) is 47.1 Å². The number of ether oxygens (including phenoxy) is 1. The van der Waals surface area contributed by atoms with E-state index in [1.54, 1.807) is 32.0 Å². The molecule has 0 radical (unpaired) electrons. The van der Waals surface area contributed by atoms with E-state index in [0.29, 0.717) is 0 Å². The molecule has 96 valence electrons. The Kier molecular flexibility index (Phi) is 3.02. The van der Waals surface area contributed by atoms with E-state index < -0.39 is 15.4 Å². The number of carbonyl (C=O) groups is 1. The molecule has 1 heterocycles. The lowest BCUT2D eigenvalue weighted by atomic mass is 10.0. The third-order valence-electron chi connectivity index (χ3n) is 2.78. The van der Waals surface area contributed by atoms with Crippen molar-refractivity contribution in [1.29, 1.82) is 0 Å². The number of carbonyl (C=O) groups excluding carboxylic acids is 1. The summed E-state index contributed by atoms with van der Waals surface area (Å²) in [5, 5.41) is 0. The fourth-order valence-electron chi connectivity index (χ4n) is 1.73. The molecule has 0 spiro atoms. The third-order valence-corrected chi connectivity index (χ3v) is 4.46. The van der Waals surface area contributed by atoms with Crippen LogP contribution in [-0.2, 0) is 19.4 Å². The Morgan fingerprint density at radius 3 is 2.28 bits per heavy atom. The van der Waals surface area contributed by atoms with Crippen molar-refractivity contribution in [3.05, 3.63) is 42.2 Å². The Balaban J connectivity index is 2.24. The molecule has 0 saturated carbocycles. The Hall–Kier alpha value is -1.62. The normalized spacial score (nSPS) is 18.3. The van der Waals surface area contributed by atoms with Crippen molar-refractivity contribution in [1.82, 2.24) is 0 Å². The molecule has 0 bridgehead atoms. The molecule has 0 atom stereocenters. The lowest BCUT2D eigenvalue weighted by molar-refractivity contribution is -0.126. The van der Waals surface area contributed by atoms with Crippen molar-refractivity contribution in [3.8, 4) is 0 Å². The number of rotatable bonds is 3. The lowest BCUT2D eigenvalue weighted by Crippen LogP contribution is -2.30. The molecule has 1 aliphatic rings. The van der Waals surface area contributed by atoms with Crippen LogP contribution in [0.1, 0.15) is 13.8 Å². The Labute approximate surface area is 106 Å². The number of hydrogen-bond donors (Lipinski definition) is 0. The topological polar surface area (TPSA) is 60.4 Å². The fourth-order valence-corrected chi connectivity index (χ4v) is 3.07. The van der Waals surface area contributed by atoms with Gasteiger partial charge in [0.05, 0.1) is 16.9 Å². The number of benzene rings is 1. The summed E-state index contributed by atoms with van der Waals surface area (Å²) in [5.74, 6) is -0.596. The van der Waals surface area contributed by atoms with Gasteiger partial charge in [-0.05, 0) is 26.0 Å². The third kappa shape index (κ3) is 2.31. The quantitative estimate of drug-likeness (QED) is 0.835. The van der Waals surface area contributed by atoms with E-state index in [4.69, 9.17) is 4.74 Å². The molecule has 1 aliphatic heterocycles. The first-order valence-electron chi connectivity index (χ1n) is 5.52. The molecule has 1 aromatic carbocycles. The van der Waals surface area contributed by atoms with Crippen molar-refractivity contribution in [2.24, 2.45) is 0 Å². The summed E-state index contributed by atoms with van der Waals surface area (Å²) in [6.45, 7) is 3.24. The molecule has 0 amide bonds. The average Bonchev–Trinajstić information content (AvgIpc) is 2.57.